The normalized spacial score (nSPS) is 11.5. The van der Waals surface area contributed by atoms with Crippen LogP contribution in [-0.2, 0) is 0 Å². The zero-order valence-electron chi connectivity index (χ0n) is 12.4. The second kappa shape index (κ2) is 5.54. The van der Waals surface area contributed by atoms with Crippen molar-refractivity contribution in [2.45, 2.75) is 0 Å². The number of anilines is 1. The molecule has 24 heavy (non-hydrogen) atoms. The van der Waals surface area contributed by atoms with Crippen molar-refractivity contribution in [1.29, 1.82) is 0 Å². The molecule has 7 nitrogen and oxygen atoms in total. The molecule has 0 fully saturated rings. The first-order valence-corrected chi connectivity index (χ1v) is 7.20. The third-order valence-corrected chi connectivity index (χ3v) is 3.51. The Kier molecular flexibility index (Phi) is 3.24. The van der Waals surface area contributed by atoms with Crippen molar-refractivity contribution in [2.24, 2.45) is 5.10 Å². The van der Waals surface area contributed by atoms with Gasteiger partial charge in [-0.1, -0.05) is 12.1 Å². The number of rotatable bonds is 3. The number of imidazole rings is 1. The van der Waals surface area contributed by atoms with E-state index in [1.165, 1.54) is 18.3 Å². The Hall–Kier alpha value is -3.61. The SMILES string of the molecule is O=c1oc2cc(O)ccc2cc1/C=N/Nc1nc2ccccc2[nH]1. The molecule has 0 bridgehead atoms. The summed E-state index contributed by atoms with van der Waals surface area (Å²) < 4.78 is 5.17. The van der Waals surface area contributed by atoms with Gasteiger partial charge in [-0.05, 0) is 30.3 Å². The summed E-state index contributed by atoms with van der Waals surface area (Å²) in [6.07, 6.45) is 1.37. The van der Waals surface area contributed by atoms with Crippen LogP contribution in [0.3, 0.4) is 0 Å². The van der Waals surface area contributed by atoms with Crippen molar-refractivity contribution in [2.75, 3.05) is 5.43 Å². The first kappa shape index (κ1) is 14.0. The molecule has 0 atom stereocenters. The van der Waals surface area contributed by atoms with Crippen LogP contribution in [0, 0.1) is 0 Å². The lowest BCUT2D eigenvalue weighted by atomic mass is 10.2. The molecule has 0 amide bonds. The molecule has 0 spiro atoms. The Bertz CT molecular complexity index is 1090. The number of aromatic nitrogens is 2. The third-order valence-electron chi connectivity index (χ3n) is 3.51. The predicted octanol–water partition coefficient (Wildman–Crippen LogP) is 2.82. The summed E-state index contributed by atoms with van der Waals surface area (Å²) in [5.41, 5.74) is 4.53. The van der Waals surface area contributed by atoms with Gasteiger partial charge in [-0.25, -0.2) is 15.2 Å². The second-order valence-electron chi connectivity index (χ2n) is 5.18. The lowest BCUT2D eigenvalue weighted by Gasteiger charge is -1.99. The average molecular weight is 320 g/mol. The fourth-order valence-corrected chi connectivity index (χ4v) is 2.37. The van der Waals surface area contributed by atoms with E-state index in [9.17, 15) is 9.90 Å². The number of hydrogen-bond donors (Lipinski definition) is 3. The number of nitrogens with one attached hydrogen (secondary N) is 2. The number of phenols is 1. The molecule has 3 N–H and O–H groups in total. The highest BCUT2D eigenvalue weighted by molar-refractivity contribution is 5.87. The number of benzene rings is 2. The zero-order chi connectivity index (χ0) is 16.5. The number of aromatic hydroxyl groups is 1. The predicted molar refractivity (Wildman–Crippen MR) is 91.5 cm³/mol. The van der Waals surface area contributed by atoms with Crippen molar-refractivity contribution >= 4 is 34.2 Å². The highest BCUT2D eigenvalue weighted by Gasteiger charge is 2.04. The molecule has 0 aliphatic rings. The summed E-state index contributed by atoms with van der Waals surface area (Å²) in [5.74, 6) is 0.515. The molecular formula is C17H12N4O3. The number of para-hydroxylation sites is 2. The van der Waals surface area contributed by atoms with E-state index in [1.54, 1.807) is 12.1 Å². The lowest BCUT2D eigenvalue weighted by molar-refractivity contribution is 0.473. The van der Waals surface area contributed by atoms with Gasteiger partial charge in [0.1, 0.15) is 11.3 Å². The number of nitrogens with zero attached hydrogens (tertiary/aromatic N) is 2. The van der Waals surface area contributed by atoms with Crippen molar-refractivity contribution in [3.63, 3.8) is 0 Å². The summed E-state index contributed by atoms with van der Waals surface area (Å²) >= 11 is 0. The Morgan fingerprint density at radius 3 is 2.96 bits per heavy atom. The van der Waals surface area contributed by atoms with Crippen LogP contribution in [0.5, 0.6) is 5.75 Å². The highest BCUT2D eigenvalue weighted by atomic mass is 16.4. The molecule has 0 saturated carbocycles. The molecule has 2 heterocycles. The molecule has 0 radical (unpaired) electrons. The van der Waals surface area contributed by atoms with E-state index in [1.807, 2.05) is 24.3 Å². The van der Waals surface area contributed by atoms with Gasteiger partial charge < -0.3 is 14.5 Å². The van der Waals surface area contributed by atoms with Gasteiger partial charge in [0.2, 0.25) is 5.95 Å². The molecule has 2 aromatic carbocycles. The molecule has 4 aromatic rings. The highest BCUT2D eigenvalue weighted by Crippen LogP contribution is 2.19. The lowest BCUT2D eigenvalue weighted by Crippen LogP contribution is -2.07. The maximum atomic E-state index is 11.9. The minimum absolute atomic E-state index is 0.0404. The monoisotopic (exact) mass is 320 g/mol. The van der Waals surface area contributed by atoms with E-state index in [-0.39, 0.29) is 11.3 Å². The first-order chi connectivity index (χ1) is 11.7. The molecule has 2 aromatic heterocycles. The number of hydrazone groups is 1. The molecule has 4 rings (SSSR count). The fraction of sp³-hybridized carbons (Fsp3) is 0. The molecule has 0 aliphatic heterocycles. The summed E-state index contributed by atoms with van der Waals surface area (Å²) in [7, 11) is 0. The summed E-state index contributed by atoms with van der Waals surface area (Å²) in [6, 6.07) is 13.8. The number of H-pyrrole nitrogens is 1. The van der Waals surface area contributed by atoms with Gasteiger partial charge in [-0.3, -0.25) is 0 Å². The largest absolute Gasteiger partial charge is 0.508 e. The van der Waals surface area contributed by atoms with Gasteiger partial charge in [-0.15, -0.1) is 0 Å². The smallest absolute Gasteiger partial charge is 0.345 e. The van der Waals surface area contributed by atoms with Crippen LogP contribution < -0.4 is 11.1 Å². The standard InChI is InChI=1S/C17H12N4O3/c22-12-6-5-10-7-11(16(23)24-15(10)8-12)9-18-21-17-19-13-3-1-2-4-14(13)20-17/h1-9,22H,(H2,19,20,21)/b18-9+. The minimum atomic E-state index is -0.539. The maximum Gasteiger partial charge on any atom is 0.345 e. The Labute approximate surface area is 135 Å². The fourth-order valence-electron chi connectivity index (χ4n) is 2.37. The topological polar surface area (TPSA) is 104 Å². The Balaban J connectivity index is 1.61. The molecule has 118 valence electrons. The number of aromatic amines is 1. The van der Waals surface area contributed by atoms with E-state index in [0.717, 1.165) is 11.0 Å². The quantitative estimate of drug-likeness (QED) is 0.306. The summed E-state index contributed by atoms with van der Waals surface area (Å²) in [4.78, 5) is 19.3. The zero-order valence-corrected chi connectivity index (χ0v) is 12.4. The maximum absolute atomic E-state index is 11.9. The van der Waals surface area contributed by atoms with Gasteiger partial charge in [0.25, 0.3) is 0 Å². The van der Waals surface area contributed by atoms with E-state index in [0.29, 0.717) is 16.9 Å². The minimum Gasteiger partial charge on any atom is -0.508 e. The average Bonchev–Trinajstić information content (AvgIpc) is 2.98. The van der Waals surface area contributed by atoms with Gasteiger partial charge in [0.15, 0.2) is 0 Å². The number of phenolic OH excluding ortho intramolecular Hbond substituents is 1. The van der Waals surface area contributed by atoms with Crippen molar-refractivity contribution in [3.8, 4) is 5.75 Å². The Morgan fingerprint density at radius 2 is 2.08 bits per heavy atom. The van der Waals surface area contributed by atoms with E-state index in [2.05, 4.69) is 20.5 Å². The number of hydrogen-bond acceptors (Lipinski definition) is 6. The van der Waals surface area contributed by atoms with Crippen LogP contribution in [0.4, 0.5) is 5.95 Å². The third kappa shape index (κ3) is 2.58. The van der Waals surface area contributed by atoms with Crippen LogP contribution in [0.1, 0.15) is 5.56 Å². The van der Waals surface area contributed by atoms with Gasteiger partial charge >= 0.3 is 5.63 Å². The molecule has 7 heteroatoms. The second-order valence-corrected chi connectivity index (χ2v) is 5.18. The molecule has 0 unspecified atom stereocenters. The van der Waals surface area contributed by atoms with Gasteiger partial charge in [0, 0.05) is 11.5 Å². The first-order valence-electron chi connectivity index (χ1n) is 7.20. The number of fused-ring (bicyclic) bond motifs is 2. The van der Waals surface area contributed by atoms with Crippen LogP contribution in [0.15, 0.2) is 62.8 Å². The van der Waals surface area contributed by atoms with Crippen LogP contribution >= 0.6 is 0 Å². The van der Waals surface area contributed by atoms with Crippen LogP contribution in [0.25, 0.3) is 22.0 Å². The Morgan fingerprint density at radius 1 is 1.21 bits per heavy atom. The molecule has 0 saturated heterocycles. The van der Waals surface area contributed by atoms with Crippen LogP contribution in [-0.4, -0.2) is 21.3 Å². The summed E-state index contributed by atoms with van der Waals surface area (Å²) in [6.45, 7) is 0. The van der Waals surface area contributed by atoms with E-state index >= 15 is 0 Å². The molecule has 0 aliphatic carbocycles. The van der Waals surface area contributed by atoms with Crippen molar-refractivity contribution < 1.29 is 9.52 Å². The van der Waals surface area contributed by atoms with Crippen molar-refractivity contribution in [1.82, 2.24) is 9.97 Å². The van der Waals surface area contributed by atoms with Crippen LogP contribution in [0.2, 0.25) is 0 Å². The van der Waals surface area contributed by atoms with E-state index in [4.69, 9.17) is 4.42 Å². The summed E-state index contributed by atoms with van der Waals surface area (Å²) in [5, 5.41) is 14.1. The molecular weight excluding hydrogens is 308 g/mol. The van der Waals surface area contributed by atoms with Gasteiger partial charge in [-0.2, -0.15) is 5.10 Å². The van der Waals surface area contributed by atoms with Crippen molar-refractivity contribution in [3.05, 3.63) is 64.5 Å². The van der Waals surface area contributed by atoms with E-state index < -0.39 is 5.63 Å². The van der Waals surface area contributed by atoms with Gasteiger partial charge in [0.05, 0.1) is 22.8 Å².